The van der Waals surface area contributed by atoms with Crippen LogP contribution in [0.25, 0.3) is 11.1 Å². The van der Waals surface area contributed by atoms with Crippen molar-refractivity contribution in [2.24, 2.45) is 5.92 Å². The predicted molar refractivity (Wildman–Crippen MR) is 181 cm³/mol. The molecule has 0 fully saturated rings. The highest BCUT2D eigenvalue weighted by atomic mass is 16.7. The third-order valence-corrected chi connectivity index (χ3v) is 8.09. The summed E-state index contributed by atoms with van der Waals surface area (Å²) in [6.07, 6.45) is -1.73. The summed E-state index contributed by atoms with van der Waals surface area (Å²) in [5, 5.41) is 25.8. The van der Waals surface area contributed by atoms with E-state index < -0.39 is 41.1 Å². The molecule has 258 valence electrons. The fraction of sp³-hybridized carbons (Fsp3) is 0.243. The van der Waals surface area contributed by atoms with Crippen LogP contribution in [0.2, 0.25) is 0 Å². The van der Waals surface area contributed by atoms with Crippen molar-refractivity contribution in [3.05, 3.63) is 124 Å². The lowest BCUT2D eigenvalue weighted by molar-refractivity contribution is -0.384. The molecule has 0 saturated heterocycles. The number of nitrogens with one attached hydrogen (secondary N) is 2. The Hall–Kier alpha value is -6.24. The number of carbonyl (C=O) groups excluding carboxylic acids is 3. The first kappa shape index (κ1) is 35.1. The first-order chi connectivity index (χ1) is 24.0. The van der Waals surface area contributed by atoms with Crippen LogP contribution in [0.15, 0.2) is 97.1 Å². The molecule has 0 radical (unpaired) electrons. The van der Waals surface area contributed by atoms with E-state index in [-0.39, 0.29) is 48.5 Å². The molecule has 0 bridgehead atoms. The number of hydrogen-bond acceptors (Lipinski definition) is 9. The number of fused-ring (bicyclic) bond motifs is 3. The number of aliphatic carboxylic acids is 1. The Morgan fingerprint density at radius 2 is 1.32 bits per heavy atom. The number of rotatable bonds is 13. The maximum absolute atomic E-state index is 13.3. The summed E-state index contributed by atoms with van der Waals surface area (Å²) in [6, 6.07) is 24.2. The van der Waals surface area contributed by atoms with Crippen molar-refractivity contribution in [1.29, 1.82) is 0 Å². The first-order valence-electron chi connectivity index (χ1n) is 15.9. The molecule has 2 atom stereocenters. The standard InChI is InChI=1S/C37H35N3O10/c1-22(2)19-32(39-36(44)48-21-31-29-9-5-3-7-27(29)28-8-4-6-10-30(28)31)34(41)38-33(35(42)43)20-23-11-15-25(16-12-23)49-37(45)50-26-17-13-24(14-18-26)40(46)47/h3-18,22,31-33H,19-21H2,1-2H3,(H,38,41)(H,39,44)(H,42,43)/t32-,33-/m0/s1. The maximum atomic E-state index is 13.3. The Bertz CT molecular complexity index is 1830. The number of carboxylic acids is 1. The Kier molecular flexibility index (Phi) is 11.1. The zero-order valence-corrected chi connectivity index (χ0v) is 27.2. The van der Waals surface area contributed by atoms with Crippen molar-refractivity contribution in [3.63, 3.8) is 0 Å². The lowest BCUT2D eigenvalue weighted by Gasteiger charge is -2.23. The zero-order chi connectivity index (χ0) is 35.8. The smallest absolute Gasteiger partial charge is 0.480 e. The Morgan fingerprint density at radius 1 is 0.780 bits per heavy atom. The highest BCUT2D eigenvalue weighted by Gasteiger charge is 2.31. The summed E-state index contributed by atoms with van der Waals surface area (Å²) in [4.78, 5) is 60.8. The maximum Gasteiger partial charge on any atom is 0.519 e. The molecule has 0 heterocycles. The minimum Gasteiger partial charge on any atom is -0.480 e. The number of ether oxygens (including phenoxy) is 3. The first-order valence-corrected chi connectivity index (χ1v) is 15.9. The van der Waals surface area contributed by atoms with Crippen molar-refractivity contribution >= 4 is 29.8 Å². The summed E-state index contributed by atoms with van der Waals surface area (Å²) >= 11 is 0. The molecule has 4 aromatic rings. The topological polar surface area (TPSA) is 183 Å². The number of non-ortho nitro benzene ring substituents is 1. The van der Waals surface area contributed by atoms with Gasteiger partial charge in [-0.1, -0.05) is 74.5 Å². The minimum absolute atomic E-state index is 0.0115. The fourth-order valence-electron chi connectivity index (χ4n) is 5.74. The monoisotopic (exact) mass is 681 g/mol. The molecule has 1 aliphatic carbocycles. The number of nitrogens with zero attached hydrogens (tertiary/aromatic N) is 1. The highest BCUT2D eigenvalue weighted by Crippen LogP contribution is 2.44. The summed E-state index contributed by atoms with van der Waals surface area (Å²) in [5.74, 6) is -1.99. The van der Waals surface area contributed by atoms with Crippen LogP contribution in [-0.4, -0.2) is 52.8 Å². The van der Waals surface area contributed by atoms with Gasteiger partial charge in [-0.05, 0) is 64.4 Å². The molecule has 0 spiro atoms. The van der Waals surface area contributed by atoms with Crippen LogP contribution in [0.5, 0.6) is 11.5 Å². The van der Waals surface area contributed by atoms with Gasteiger partial charge < -0.3 is 30.0 Å². The normalized spacial score (nSPS) is 12.9. The second kappa shape index (κ2) is 15.8. The van der Waals surface area contributed by atoms with Crippen molar-refractivity contribution < 1.29 is 43.4 Å². The van der Waals surface area contributed by atoms with Gasteiger partial charge >= 0.3 is 18.2 Å². The quantitative estimate of drug-likeness (QED) is 0.0632. The van der Waals surface area contributed by atoms with E-state index in [1.165, 1.54) is 48.5 Å². The summed E-state index contributed by atoms with van der Waals surface area (Å²) in [6.45, 7) is 3.81. The van der Waals surface area contributed by atoms with Gasteiger partial charge in [0.25, 0.3) is 5.69 Å². The molecule has 0 aromatic heterocycles. The third-order valence-electron chi connectivity index (χ3n) is 8.09. The molecule has 2 amide bonds. The van der Waals surface area contributed by atoms with Crippen LogP contribution < -0.4 is 20.1 Å². The third kappa shape index (κ3) is 8.81. The largest absolute Gasteiger partial charge is 0.519 e. The van der Waals surface area contributed by atoms with Crippen LogP contribution in [0.1, 0.15) is 42.9 Å². The van der Waals surface area contributed by atoms with E-state index in [9.17, 15) is 34.4 Å². The molecule has 1 aliphatic rings. The molecule has 3 N–H and O–H groups in total. The number of benzene rings is 4. The lowest BCUT2D eigenvalue weighted by atomic mass is 9.98. The van der Waals surface area contributed by atoms with Crippen LogP contribution in [0.4, 0.5) is 15.3 Å². The highest BCUT2D eigenvalue weighted by molar-refractivity contribution is 5.89. The van der Waals surface area contributed by atoms with Gasteiger partial charge in [0.1, 0.15) is 30.2 Å². The number of carbonyl (C=O) groups is 4. The Labute approximate surface area is 287 Å². The molecular weight excluding hydrogens is 646 g/mol. The van der Waals surface area contributed by atoms with Gasteiger partial charge in [0.2, 0.25) is 5.91 Å². The molecule has 13 heteroatoms. The molecule has 4 aromatic carbocycles. The van der Waals surface area contributed by atoms with E-state index >= 15 is 0 Å². The van der Waals surface area contributed by atoms with Gasteiger partial charge in [-0.2, -0.15) is 0 Å². The summed E-state index contributed by atoms with van der Waals surface area (Å²) in [7, 11) is 0. The molecule has 50 heavy (non-hydrogen) atoms. The molecule has 5 rings (SSSR count). The Morgan fingerprint density at radius 3 is 1.84 bits per heavy atom. The molecule has 0 unspecified atom stereocenters. The van der Waals surface area contributed by atoms with Crippen LogP contribution in [-0.2, 0) is 20.7 Å². The summed E-state index contributed by atoms with van der Waals surface area (Å²) < 4.78 is 15.8. The molecule has 0 aliphatic heterocycles. The van der Waals surface area contributed by atoms with Crippen molar-refractivity contribution in [2.75, 3.05) is 6.61 Å². The van der Waals surface area contributed by atoms with Crippen molar-refractivity contribution in [1.82, 2.24) is 10.6 Å². The Balaban J connectivity index is 1.16. The lowest BCUT2D eigenvalue weighted by Crippen LogP contribution is -2.52. The van der Waals surface area contributed by atoms with Gasteiger partial charge in [-0.15, -0.1) is 0 Å². The number of carboxylic acid groups (broad SMARTS) is 1. The van der Waals surface area contributed by atoms with E-state index in [2.05, 4.69) is 10.6 Å². The molecule has 13 nitrogen and oxygen atoms in total. The predicted octanol–water partition coefficient (Wildman–Crippen LogP) is 6.24. The van der Waals surface area contributed by atoms with E-state index in [1.807, 2.05) is 62.4 Å². The molecule has 0 saturated carbocycles. The minimum atomic E-state index is -1.33. The van der Waals surface area contributed by atoms with Crippen molar-refractivity contribution in [2.45, 2.75) is 44.7 Å². The van der Waals surface area contributed by atoms with E-state index in [1.54, 1.807) is 0 Å². The van der Waals surface area contributed by atoms with Crippen molar-refractivity contribution in [3.8, 4) is 22.6 Å². The van der Waals surface area contributed by atoms with Gasteiger partial charge in [-0.25, -0.2) is 14.4 Å². The van der Waals surface area contributed by atoms with Crippen LogP contribution in [0, 0.1) is 16.0 Å². The number of amides is 2. The van der Waals surface area contributed by atoms with Crippen LogP contribution >= 0.6 is 0 Å². The average molecular weight is 682 g/mol. The van der Waals surface area contributed by atoms with E-state index in [0.29, 0.717) is 5.56 Å². The van der Waals surface area contributed by atoms with Crippen LogP contribution in [0.3, 0.4) is 0 Å². The number of nitro groups is 1. The van der Waals surface area contributed by atoms with Gasteiger partial charge in [0, 0.05) is 24.5 Å². The zero-order valence-electron chi connectivity index (χ0n) is 27.2. The van der Waals surface area contributed by atoms with Gasteiger partial charge in [-0.3, -0.25) is 14.9 Å². The number of alkyl carbamates (subject to hydrolysis) is 1. The second-order valence-electron chi connectivity index (χ2n) is 12.1. The van der Waals surface area contributed by atoms with Gasteiger partial charge in [0.15, 0.2) is 0 Å². The SMILES string of the molecule is CC(C)C[C@H](NC(=O)OCC1c2ccccc2-c2ccccc21)C(=O)N[C@@H](Cc1ccc(OC(=O)Oc2ccc([N+](=O)[O-])cc2)cc1)C(=O)O. The fourth-order valence-corrected chi connectivity index (χ4v) is 5.74. The van der Waals surface area contributed by atoms with E-state index in [0.717, 1.165) is 22.3 Å². The van der Waals surface area contributed by atoms with Gasteiger partial charge in [0.05, 0.1) is 4.92 Å². The average Bonchev–Trinajstić information content (AvgIpc) is 3.41. The number of nitro benzene ring substituents is 1. The van der Waals surface area contributed by atoms with E-state index in [4.69, 9.17) is 14.2 Å². The molecular formula is C37H35N3O10. The second-order valence-corrected chi connectivity index (χ2v) is 12.1. The summed E-state index contributed by atoms with van der Waals surface area (Å²) in [5.41, 5.74) is 4.60. The number of hydrogen-bond donors (Lipinski definition) is 3.